The predicted octanol–water partition coefficient (Wildman–Crippen LogP) is 4.83. The molecule has 5 rings (SSSR count). The Hall–Kier alpha value is -3.06. The van der Waals surface area contributed by atoms with Crippen LogP contribution in [0, 0.1) is 5.82 Å². The molecule has 6 heteroatoms. The number of nitrogens with zero attached hydrogens (tertiary/aromatic N) is 2. The van der Waals surface area contributed by atoms with Crippen LogP contribution in [0.2, 0.25) is 0 Å². The van der Waals surface area contributed by atoms with Crippen molar-refractivity contribution < 1.29 is 13.9 Å². The van der Waals surface area contributed by atoms with Gasteiger partial charge in [0.05, 0.1) is 5.41 Å². The van der Waals surface area contributed by atoms with E-state index in [-0.39, 0.29) is 11.7 Å². The largest absolute Gasteiger partial charge is 0.381 e. The van der Waals surface area contributed by atoms with Gasteiger partial charge in [-0.2, -0.15) is 0 Å². The Morgan fingerprint density at radius 3 is 2.03 bits per heavy atom. The predicted molar refractivity (Wildman–Crippen MR) is 140 cm³/mol. The number of nitrogens with one attached hydrogen (secondary N) is 1. The average molecular weight is 488 g/mol. The van der Waals surface area contributed by atoms with E-state index in [1.54, 1.807) is 6.07 Å². The lowest BCUT2D eigenvalue weighted by atomic mass is 9.73. The number of halogens is 1. The molecule has 3 aromatic rings. The van der Waals surface area contributed by atoms with Gasteiger partial charge >= 0.3 is 0 Å². The third-order valence-electron chi connectivity index (χ3n) is 7.49. The Morgan fingerprint density at radius 1 is 0.806 bits per heavy atom. The normalized spacial score (nSPS) is 18.6. The monoisotopic (exact) mass is 487 g/mol. The van der Waals surface area contributed by atoms with Crippen LogP contribution in [0.1, 0.15) is 29.5 Å². The standard InChI is InChI=1S/C30H34FN3O2/c31-27-8-4-7-26(21-27)30(13-19-36-20-14-30)29(35)32-28-11-9-25(10-12-28)23-34-17-15-33(16-18-34)22-24-5-2-1-3-6-24/h1-12,21H,13-20,22-23H2,(H,32,35). The van der Waals surface area contributed by atoms with Crippen LogP contribution in [0.15, 0.2) is 78.9 Å². The van der Waals surface area contributed by atoms with Crippen molar-refractivity contribution in [3.05, 3.63) is 101 Å². The van der Waals surface area contributed by atoms with Gasteiger partial charge in [0.25, 0.3) is 0 Å². The lowest BCUT2D eigenvalue weighted by Crippen LogP contribution is -2.45. The highest BCUT2D eigenvalue weighted by molar-refractivity contribution is 5.99. The quantitative estimate of drug-likeness (QED) is 0.519. The smallest absolute Gasteiger partial charge is 0.235 e. The first-order valence-electron chi connectivity index (χ1n) is 12.8. The molecule has 1 amide bonds. The second-order valence-corrected chi connectivity index (χ2v) is 9.89. The molecule has 2 heterocycles. The first kappa shape index (κ1) is 24.6. The highest BCUT2D eigenvalue weighted by Gasteiger charge is 2.42. The fourth-order valence-corrected chi connectivity index (χ4v) is 5.30. The van der Waals surface area contributed by atoms with Crippen molar-refractivity contribution in [3.63, 3.8) is 0 Å². The minimum absolute atomic E-state index is 0.0984. The van der Waals surface area contributed by atoms with Crippen molar-refractivity contribution in [2.45, 2.75) is 31.3 Å². The number of ether oxygens (including phenoxy) is 1. The molecule has 0 aliphatic carbocycles. The summed E-state index contributed by atoms with van der Waals surface area (Å²) in [5.41, 5.74) is 3.29. The maximum atomic E-state index is 14.0. The van der Waals surface area contributed by atoms with Crippen molar-refractivity contribution in [2.24, 2.45) is 0 Å². The van der Waals surface area contributed by atoms with Crippen molar-refractivity contribution >= 4 is 11.6 Å². The van der Waals surface area contributed by atoms with E-state index in [1.807, 2.05) is 18.2 Å². The maximum Gasteiger partial charge on any atom is 0.235 e. The molecule has 0 radical (unpaired) electrons. The summed E-state index contributed by atoms with van der Waals surface area (Å²) >= 11 is 0. The lowest BCUT2D eigenvalue weighted by molar-refractivity contribution is -0.125. The van der Waals surface area contributed by atoms with Crippen LogP contribution in [-0.4, -0.2) is 55.1 Å². The summed E-state index contributed by atoms with van der Waals surface area (Å²) in [6, 6.07) is 25.2. The second-order valence-electron chi connectivity index (χ2n) is 9.89. The summed E-state index contributed by atoms with van der Waals surface area (Å²) in [7, 11) is 0. The van der Waals surface area contributed by atoms with Crippen molar-refractivity contribution in [1.82, 2.24) is 9.80 Å². The number of rotatable bonds is 7. The maximum absolute atomic E-state index is 14.0. The number of carbonyl (C=O) groups is 1. The molecule has 36 heavy (non-hydrogen) atoms. The lowest BCUT2D eigenvalue weighted by Gasteiger charge is -2.36. The molecule has 0 bridgehead atoms. The van der Waals surface area contributed by atoms with Crippen molar-refractivity contribution in [3.8, 4) is 0 Å². The summed E-state index contributed by atoms with van der Waals surface area (Å²) in [6.07, 6.45) is 1.08. The average Bonchev–Trinajstić information content (AvgIpc) is 2.92. The highest BCUT2D eigenvalue weighted by Crippen LogP contribution is 2.36. The fraction of sp³-hybridized carbons (Fsp3) is 0.367. The van der Waals surface area contributed by atoms with E-state index in [4.69, 9.17) is 4.74 Å². The van der Waals surface area contributed by atoms with Gasteiger partial charge in [0.15, 0.2) is 0 Å². The van der Waals surface area contributed by atoms with Crippen molar-refractivity contribution in [1.29, 1.82) is 0 Å². The van der Waals surface area contributed by atoms with Crippen LogP contribution in [0.5, 0.6) is 0 Å². The fourth-order valence-electron chi connectivity index (χ4n) is 5.30. The zero-order chi connectivity index (χ0) is 24.8. The van der Waals surface area contributed by atoms with Crippen LogP contribution < -0.4 is 5.32 Å². The molecule has 2 fully saturated rings. The van der Waals surface area contributed by atoms with Crippen LogP contribution in [0.4, 0.5) is 10.1 Å². The van der Waals surface area contributed by atoms with Gasteiger partial charge in [-0.3, -0.25) is 14.6 Å². The number of hydrogen-bond acceptors (Lipinski definition) is 4. The number of hydrogen-bond donors (Lipinski definition) is 1. The molecule has 0 unspecified atom stereocenters. The number of carbonyl (C=O) groups excluding carboxylic acids is 1. The molecular weight excluding hydrogens is 453 g/mol. The number of piperazine rings is 1. The third-order valence-corrected chi connectivity index (χ3v) is 7.49. The first-order valence-corrected chi connectivity index (χ1v) is 12.8. The third kappa shape index (κ3) is 5.84. The first-order chi connectivity index (χ1) is 17.6. The van der Waals surface area contributed by atoms with E-state index in [1.165, 1.54) is 23.3 Å². The molecule has 1 N–H and O–H groups in total. The summed E-state index contributed by atoms with van der Waals surface area (Å²) in [5, 5.41) is 3.09. The Morgan fingerprint density at radius 2 is 1.42 bits per heavy atom. The molecule has 2 aliphatic heterocycles. The van der Waals surface area contributed by atoms with Crippen LogP contribution >= 0.6 is 0 Å². The van der Waals surface area contributed by atoms with Gasteiger partial charge in [0.1, 0.15) is 5.82 Å². The number of amides is 1. The zero-order valence-electron chi connectivity index (χ0n) is 20.7. The van der Waals surface area contributed by atoms with Gasteiger partial charge in [-0.1, -0.05) is 54.6 Å². The summed E-state index contributed by atoms with van der Waals surface area (Å²) in [5.74, 6) is -0.421. The van der Waals surface area contributed by atoms with Crippen LogP contribution in [-0.2, 0) is 28.0 Å². The van der Waals surface area contributed by atoms with E-state index < -0.39 is 5.41 Å². The molecule has 5 nitrogen and oxygen atoms in total. The van der Waals surface area contributed by atoms with Gasteiger partial charge in [0, 0.05) is 58.2 Å². The van der Waals surface area contributed by atoms with E-state index in [0.717, 1.165) is 45.0 Å². The summed E-state index contributed by atoms with van der Waals surface area (Å²) in [4.78, 5) is 18.5. The van der Waals surface area contributed by atoms with Crippen molar-refractivity contribution in [2.75, 3.05) is 44.7 Å². The van der Waals surface area contributed by atoms with Gasteiger partial charge in [0.2, 0.25) is 5.91 Å². The Kier molecular flexibility index (Phi) is 7.75. The molecule has 0 saturated carbocycles. The van der Waals surface area contributed by atoms with Gasteiger partial charge in [-0.05, 0) is 53.8 Å². The van der Waals surface area contributed by atoms with Gasteiger partial charge < -0.3 is 10.1 Å². The van der Waals surface area contributed by atoms with Crippen LogP contribution in [0.25, 0.3) is 0 Å². The minimum atomic E-state index is -0.779. The molecule has 0 atom stereocenters. The summed E-state index contributed by atoms with van der Waals surface area (Å²) in [6.45, 7) is 7.10. The van der Waals surface area contributed by atoms with E-state index in [0.29, 0.717) is 31.6 Å². The van der Waals surface area contributed by atoms with E-state index in [9.17, 15) is 9.18 Å². The van der Waals surface area contributed by atoms with Crippen LogP contribution in [0.3, 0.4) is 0 Å². The Balaban J connectivity index is 1.17. The molecule has 3 aromatic carbocycles. The highest BCUT2D eigenvalue weighted by atomic mass is 19.1. The number of benzene rings is 3. The number of anilines is 1. The second kappa shape index (κ2) is 11.3. The topological polar surface area (TPSA) is 44.8 Å². The minimum Gasteiger partial charge on any atom is -0.381 e. The molecule has 2 aliphatic rings. The molecule has 188 valence electrons. The van der Waals surface area contributed by atoms with E-state index >= 15 is 0 Å². The molecule has 0 aromatic heterocycles. The van der Waals surface area contributed by atoms with Gasteiger partial charge in [-0.15, -0.1) is 0 Å². The summed E-state index contributed by atoms with van der Waals surface area (Å²) < 4.78 is 19.5. The van der Waals surface area contributed by atoms with Gasteiger partial charge in [-0.25, -0.2) is 4.39 Å². The molecule has 2 saturated heterocycles. The Bertz CT molecular complexity index is 1140. The van der Waals surface area contributed by atoms with E-state index in [2.05, 4.69) is 57.6 Å². The Labute approximate surface area is 212 Å². The zero-order valence-corrected chi connectivity index (χ0v) is 20.7. The molecule has 0 spiro atoms. The SMILES string of the molecule is O=C(Nc1ccc(CN2CCN(Cc3ccccc3)CC2)cc1)C1(c2cccc(F)c2)CCOCC1. The molecular formula is C30H34FN3O2.